The van der Waals surface area contributed by atoms with Crippen LogP contribution >= 0.6 is 0 Å². The number of sulfonamides is 1. The Morgan fingerprint density at radius 3 is 2.50 bits per heavy atom. The van der Waals surface area contributed by atoms with Crippen molar-refractivity contribution in [2.45, 2.75) is 11.8 Å². The van der Waals surface area contributed by atoms with E-state index in [1.165, 1.54) is 27.6 Å². The molecule has 144 valence electrons. The third-order valence-electron chi connectivity index (χ3n) is 4.42. The third kappa shape index (κ3) is 2.83. The highest BCUT2D eigenvalue weighted by molar-refractivity contribution is 7.92. The second-order valence-corrected chi connectivity index (χ2v) is 7.91. The van der Waals surface area contributed by atoms with Crippen LogP contribution in [0.2, 0.25) is 0 Å². The predicted molar refractivity (Wildman–Crippen MR) is 103 cm³/mol. The van der Waals surface area contributed by atoms with Crippen molar-refractivity contribution in [1.29, 1.82) is 0 Å². The molecule has 0 aliphatic rings. The highest BCUT2D eigenvalue weighted by Crippen LogP contribution is 2.22. The molecule has 2 aromatic carbocycles. The standard InChI is InChI=1S/C18H16N4O5S/c1-11-16(21(2)22(17(11)23)12-6-4-3-5-7-12)20-28(25,26)13-8-9-15-14(10-13)19-18(24)27-15/h3-10,20H,1-2H3,(H,19,24). The quantitative estimate of drug-likeness (QED) is 0.541. The number of rotatable bonds is 4. The Kier molecular flexibility index (Phi) is 4.00. The van der Waals surface area contributed by atoms with E-state index in [-0.39, 0.29) is 32.9 Å². The van der Waals surface area contributed by atoms with Gasteiger partial charge in [0.05, 0.1) is 21.7 Å². The normalized spacial score (nSPS) is 11.8. The number of hydrogen-bond acceptors (Lipinski definition) is 5. The summed E-state index contributed by atoms with van der Waals surface area (Å²) in [5.41, 5.74) is 1.05. The zero-order chi connectivity index (χ0) is 20.1. The molecule has 0 fully saturated rings. The summed E-state index contributed by atoms with van der Waals surface area (Å²) in [6, 6.07) is 12.9. The van der Waals surface area contributed by atoms with Gasteiger partial charge in [-0.05, 0) is 37.3 Å². The molecular formula is C18H16N4O5S. The summed E-state index contributed by atoms with van der Waals surface area (Å²) in [6.45, 7) is 1.55. The average Bonchev–Trinajstić information content (AvgIpc) is 3.13. The van der Waals surface area contributed by atoms with Gasteiger partial charge in [-0.1, -0.05) is 18.2 Å². The first kappa shape index (κ1) is 17.9. The van der Waals surface area contributed by atoms with Gasteiger partial charge in [-0.15, -0.1) is 0 Å². The van der Waals surface area contributed by atoms with Crippen LogP contribution in [-0.4, -0.2) is 22.8 Å². The van der Waals surface area contributed by atoms with Gasteiger partial charge in [0, 0.05) is 7.05 Å². The van der Waals surface area contributed by atoms with E-state index in [4.69, 9.17) is 4.42 Å². The fourth-order valence-corrected chi connectivity index (χ4v) is 4.20. The maximum absolute atomic E-state index is 12.9. The molecule has 28 heavy (non-hydrogen) atoms. The van der Waals surface area contributed by atoms with Crippen LogP contribution < -0.4 is 16.0 Å². The molecule has 0 unspecified atom stereocenters. The summed E-state index contributed by atoms with van der Waals surface area (Å²) >= 11 is 0. The lowest BCUT2D eigenvalue weighted by Crippen LogP contribution is -2.20. The average molecular weight is 400 g/mol. The van der Waals surface area contributed by atoms with Gasteiger partial charge in [0.15, 0.2) is 5.58 Å². The van der Waals surface area contributed by atoms with Crippen molar-refractivity contribution in [1.82, 2.24) is 14.3 Å². The zero-order valence-electron chi connectivity index (χ0n) is 15.0. The second kappa shape index (κ2) is 6.27. The SMILES string of the molecule is Cc1c(NS(=O)(=O)c2ccc3oc(=O)[nH]c3c2)n(C)n(-c2ccccc2)c1=O. The first-order valence-electron chi connectivity index (χ1n) is 8.27. The topological polar surface area (TPSA) is 119 Å². The molecule has 4 aromatic rings. The van der Waals surface area contributed by atoms with Crippen molar-refractivity contribution in [2.75, 3.05) is 4.72 Å². The lowest BCUT2D eigenvalue weighted by molar-refractivity contribution is 0.555. The predicted octanol–water partition coefficient (Wildman–Crippen LogP) is 1.72. The van der Waals surface area contributed by atoms with Gasteiger partial charge >= 0.3 is 5.76 Å². The van der Waals surface area contributed by atoms with Gasteiger partial charge in [-0.25, -0.2) is 17.9 Å². The Morgan fingerprint density at radius 1 is 1.07 bits per heavy atom. The van der Waals surface area contributed by atoms with E-state index < -0.39 is 15.8 Å². The number of aromatic nitrogens is 3. The molecule has 0 spiro atoms. The first-order chi connectivity index (χ1) is 13.3. The Hall–Kier alpha value is -3.53. The van der Waals surface area contributed by atoms with Crippen LogP contribution in [0.3, 0.4) is 0 Å². The molecule has 0 radical (unpaired) electrons. The highest BCUT2D eigenvalue weighted by atomic mass is 32.2. The number of benzene rings is 2. The molecule has 2 N–H and O–H groups in total. The fourth-order valence-electron chi connectivity index (χ4n) is 3.03. The van der Waals surface area contributed by atoms with E-state index in [0.29, 0.717) is 5.69 Å². The van der Waals surface area contributed by atoms with Crippen molar-refractivity contribution in [2.24, 2.45) is 7.05 Å². The molecule has 0 saturated heterocycles. The summed E-state index contributed by atoms with van der Waals surface area (Å²) in [5.74, 6) is -0.523. The number of aromatic amines is 1. The van der Waals surface area contributed by atoms with Crippen LogP contribution in [0.5, 0.6) is 0 Å². The Labute approximate surface area is 158 Å². The van der Waals surface area contributed by atoms with Crippen molar-refractivity contribution < 1.29 is 12.8 Å². The van der Waals surface area contributed by atoms with Gasteiger partial charge < -0.3 is 4.42 Å². The number of fused-ring (bicyclic) bond motifs is 1. The summed E-state index contributed by atoms with van der Waals surface area (Å²) in [7, 11) is -2.42. The Morgan fingerprint density at radius 2 is 1.79 bits per heavy atom. The van der Waals surface area contributed by atoms with Gasteiger partial charge in [0.2, 0.25) is 0 Å². The van der Waals surface area contributed by atoms with Gasteiger partial charge in [-0.3, -0.25) is 19.2 Å². The number of nitrogens with one attached hydrogen (secondary N) is 2. The Balaban J connectivity index is 1.79. The summed E-state index contributed by atoms with van der Waals surface area (Å²) in [6.07, 6.45) is 0. The molecule has 9 nitrogen and oxygen atoms in total. The number of oxazole rings is 1. The van der Waals surface area contributed by atoms with Gasteiger partial charge in [0.25, 0.3) is 15.6 Å². The molecule has 2 aromatic heterocycles. The molecule has 0 bridgehead atoms. The molecule has 2 heterocycles. The molecule has 0 amide bonds. The highest BCUT2D eigenvalue weighted by Gasteiger charge is 2.22. The van der Waals surface area contributed by atoms with Crippen molar-refractivity contribution in [3.63, 3.8) is 0 Å². The van der Waals surface area contributed by atoms with Crippen molar-refractivity contribution in [3.8, 4) is 5.69 Å². The van der Waals surface area contributed by atoms with Crippen LogP contribution in [0.25, 0.3) is 16.8 Å². The van der Waals surface area contributed by atoms with E-state index in [1.807, 2.05) is 6.07 Å². The lowest BCUT2D eigenvalue weighted by Gasteiger charge is -2.12. The molecule has 0 saturated carbocycles. The van der Waals surface area contributed by atoms with E-state index in [2.05, 4.69) is 9.71 Å². The number of hydrogen-bond donors (Lipinski definition) is 2. The minimum atomic E-state index is -4.01. The first-order valence-corrected chi connectivity index (χ1v) is 9.76. The van der Waals surface area contributed by atoms with E-state index in [0.717, 1.165) is 0 Å². The number of anilines is 1. The fraction of sp³-hybridized carbons (Fsp3) is 0.111. The summed E-state index contributed by atoms with van der Waals surface area (Å²) in [5, 5.41) is 0. The van der Waals surface area contributed by atoms with Crippen molar-refractivity contribution in [3.05, 3.63) is 75.0 Å². The maximum Gasteiger partial charge on any atom is 0.417 e. The third-order valence-corrected chi connectivity index (χ3v) is 5.76. The van der Waals surface area contributed by atoms with E-state index in [1.54, 1.807) is 38.2 Å². The largest absolute Gasteiger partial charge is 0.417 e. The summed E-state index contributed by atoms with van der Waals surface area (Å²) in [4.78, 5) is 26.3. The maximum atomic E-state index is 12.9. The lowest BCUT2D eigenvalue weighted by atomic mass is 10.3. The smallest absolute Gasteiger partial charge is 0.408 e. The minimum absolute atomic E-state index is 0.0728. The summed E-state index contributed by atoms with van der Waals surface area (Å²) < 4.78 is 35.9. The van der Waals surface area contributed by atoms with Crippen LogP contribution in [-0.2, 0) is 17.1 Å². The van der Waals surface area contributed by atoms with Crippen LogP contribution in [0.15, 0.2) is 67.4 Å². The number of para-hydroxylation sites is 1. The Bertz CT molecular complexity index is 1410. The minimum Gasteiger partial charge on any atom is -0.408 e. The zero-order valence-corrected chi connectivity index (χ0v) is 15.8. The molecular weight excluding hydrogens is 384 g/mol. The monoisotopic (exact) mass is 400 g/mol. The van der Waals surface area contributed by atoms with Crippen LogP contribution in [0, 0.1) is 6.92 Å². The van der Waals surface area contributed by atoms with Gasteiger partial charge in [0.1, 0.15) is 5.82 Å². The number of H-pyrrole nitrogens is 1. The van der Waals surface area contributed by atoms with Crippen LogP contribution in [0.4, 0.5) is 5.82 Å². The second-order valence-electron chi connectivity index (χ2n) is 6.23. The van der Waals surface area contributed by atoms with E-state index >= 15 is 0 Å². The van der Waals surface area contributed by atoms with E-state index in [9.17, 15) is 18.0 Å². The van der Waals surface area contributed by atoms with Gasteiger partial charge in [-0.2, -0.15) is 0 Å². The molecule has 10 heteroatoms. The number of nitrogens with zero attached hydrogens (tertiary/aromatic N) is 2. The molecule has 0 aliphatic heterocycles. The molecule has 4 rings (SSSR count). The van der Waals surface area contributed by atoms with Crippen LogP contribution in [0.1, 0.15) is 5.56 Å². The molecule has 0 atom stereocenters. The van der Waals surface area contributed by atoms with Crippen molar-refractivity contribution >= 4 is 26.9 Å². The molecule has 0 aliphatic carbocycles.